The quantitative estimate of drug-likeness (QED) is 0.704. The van der Waals surface area contributed by atoms with Crippen LogP contribution in [0.25, 0.3) is 11.3 Å². The molecule has 0 aliphatic carbocycles. The predicted molar refractivity (Wildman–Crippen MR) is 56.0 cm³/mol. The van der Waals surface area contributed by atoms with Gasteiger partial charge in [-0.1, -0.05) is 18.2 Å². The minimum Gasteiger partial charge on any atom is -0.372 e. The van der Waals surface area contributed by atoms with Crippen molar-refractivity contribution in [1.82, 2.24) is 9.97 Å². The molecule has 0 unspecified atom stereocenters. The van der Waals surface area contributed by atoms with Crippen molar-refractivity contribution in [3.05, 3.63) is 47.9 Å². The summed E-state index contributed by atoms with van der Waals surface area (Å²) in [4.78, 5) is 8.18. The van der Waals surface area contributed by atoms with Crippen LogP contribution >= 0.6 is 0 Å². The maximum absolute atomic E-state index is 5.43. The van der Waals surface area contributed by atoms with E-state index in [4.69, 9.17) is 4.74 Å². The van der Waals surface area contributed by atoms with Gasteiger partial charge >= 0.3 is 0 Å². The molecule has 0 radical (unpaired) electrons. The molecule has 2 aromatic rings. The molecule has 0 fully saturated rings. The second-order valence-electron chi connectivity index (χ2n) is 3.53. The molecule has 1 aromatic carbocycles. The Hall–Kier alpha value is -1.74. The fourth-order valence-corrected chi connectivity index (χ4v) is 1.89. The van der Waals surface area contributed by atoms with E-state index in [1.807, 2.05) is 12.1 Å². The summed E-state index contributed by atoms with van der Waals surface area (Å²) in [5.74, 6) is 0. The van der Waals surface area contributed by atoms with Crippen LogP contribution in [-0.4, -0.2) is 9.97 Å². The Morgan fingerprint density at radius 2 is 2.13 bits per heavy atom. The first-order chi connectivity index (χ1) is 7.45. The number of rotatable bonds is 1. The Balaban J connectivity index is 2.17. The molecule has 0 amide bonds. The van der Waals surface area contributed by atoms with E-state index in [1.54, 1.807) is 12.5 Å². The topological polar surface area (TPSA) is 35.0 Å². The highest BCUT2D eigenvalue weighted by Gasteiger charge is 2.15. The van der Waals surface area contributed by atoms with E-state index in [9.17, 15) is 0 Å². The molecule has 0 spiro atoms. The molecule has 1 aliphatic rings. The standard InChI is InChI=1S/C12H10N2O/c1-2-9-6-15-7-11(9)10(3-1)12-4-5-13-8-14-12/h1-5,8H,6-7H2. The van der Waals surface area contributed by atoms with Crippen molar-refractivity contribution in [1.29, 1.82) is 0 Å². The molecule has 0 atom stereocenters. The molecule has 74 valence electrons. The molecule has 3 heteroatoms. The lowest BCUT2D eigenvalue weighted by Crippen LogP contribution is -1.90. The number of ether oxygens (including phenoxy) is 1. The van der Waals surface area contributed by atoms with Gasteiger partial charge in [-0.15, -0.1) is 0 Å². The van der Waals surface area contributed by atoms with Crippen molar-refractivity contribution < 1.29 is 4.74 Å². The van der Waals surface area contributed by atoms with E-state index in [1.165, 1.54) is 11.1 Å². The van der Waals surface area contributed by atoms with Gasteiger partial charge in [0.1, 0.15) is 6.33 Å². The summed E-state index contributed by atoms with van der Waals surface area (Å²) in [5.41, 5.74) is 4.65. The monoisotopic (exact) mass is 198 g/mol. The Morgan fingerprint density at radius 3 is 3.00 bits per heavy atom. The van der Waals surface area contributed by atoms with Crippen LogP contribution < -0.4 is 0 Å². The third kappa shape index (κ3) is 1.41. The van der Waals surface area contributed by atoms with Crippen LogP contribution in [0.2, 0.25) is 0 Å². The first kappa shape index (κ1) is 8.56. The molecule has 0 N–H and O–H groups in total. The maximum atomic E-state index is 5.43. The summed E-state index contributed by atoms with van der Waals surface area (Å²) in [6.07, 6.45) is 3.34. The zero-order valence-corrected chi connectivity index (χ0v) is 8.18. The summed E-state index contributed by atoms with van der Waals surface area (Å²) in [6, 6.07) is 8.15. The molecule has 2 heterocycles. The van der Waals surface area contributed by atoms with Crippen LogP contribution in [0.3, 0.4) is 0 Å². The molecule has 0 saturated carbocycles. The first-order valence-electron chi connectivity index (χ1n) is 4.90. The van der Waals surface area contributed by atoms with Gasteiger partial charge in [-0.2, -0.15) is 0 Å². The smallest absolute Gasteiger partial charge is 0.116 e. The highest BCUT2D eigenvalue weighted by atomic mass is 16.5. The van der Waals surface area contributed by atoms with Crippen molar-refractivity contribution in [2.75, 3.05) is 0 Å². The zero-order valence-electron chi connectivity index (χ0n) is 8.18. The Labute approximate surface area is 87.8 Å². The van der Waals surface area contributed by atoms with E-state index < -0.39 is 0 Å². The van der Waals surface area contributed by atoms with E-state index >= 15 is 0 Å². The van der Waals surface area contributed by atoms with Crippen LogP contribution in [-0.2, 0) is 18.0 Å². The zero-order chi connectivity index (χ0) is 10.1. The number of benzene rings is 1. The van der Waals surface area contributed by atoms with E-state index in [-0.39, 0.29) is 0 Å². The fraction of sp³-hybridized carbons (Fsp3) is 0.167. The average Bonchev–Trinajstić information content (AvgIpc) is 2.78. The van der Waals surface area contributed by atoms with E-state index in [0.717, 1.165) is 11.3 Å². The van der Waals surface area contributed by atoms with E-state index in [0.29, 0.717) is 13.2 Å². The summed E-state index contributed by atoms with van der Waals surface area (Å²) in [7, 11) is 0. The number of fused-ring (bicyclic) bond motifs is 1. The number of nitrogens with zero attached hydrogens (tertiary/aromatic N) is 2. The second-order valence-corrected chi connectivity index (χ2v) is 3.53. The molecular weight excluding hydrogens is 188 g/mol. The van der Waals surface area contributed by atoms with Crippen LogP contribution in [0.1, 0.15) is 11.1 Å². The Morgan fingerprint density at radius 1 is 1.13 bits per heavy atom. The highest BCUT2D eigenvalue weighted by Crippen LogP contribution is 2.29. The van der Waals surface area contributed by atoms with Crippen molar-refractivity contribution in [3.8, 4) is 11.3 Å². The van der Waals surface area contributed by atoms with Gasteiger partial charge in [-0.3, -0.25) is 0 Å². The third-order valence-electron chi connectivity index (χ3n) is 2.63. The normalized spacial score (nSPS) is 13.9. The van der Waals surface area contributed by atoms with Crippen LogP contribution in [0.5, 0.6) is 0 Å². The van der Waals surface area contributed by atoms with Gasteiger partial charge in [0.2, 0.25) is 0 Å². The third-order valence-corrected chi connectivity index (χ3v) is 2.63. The largest absolute Gasteiger partial charge is 0.372 e. The van der Waals surface area contributed by atoms with Gasteiger partial charge in [0.05, 0.1) is 18.9 Å². The highest BCUT2D eigenvalue weighted by molar-refractivity contribution is 5.65. The first-order valence-corrected chi connectivity index (χ1v) is 4.90. The van der Waals surface area contributed by atoms with Crippen LogP contribution in [0.15, 0.2) is 36.8 Å². The lowest BCUT2D eigenvalue weighted by atomic mass is 10.0. The fourth-order valence-electron chi connectivity index (χ4n) is 1.89. The van der Waals surface area contributed by atoms with Crippen molar-refractivity contribution in [2.24, 2.45) is 0 Å². The second kappa shape index (κ2) is 3.44. The molecule has 15 heavy (non-hydrogen) atoms. The molecule has 0 saturated heterocycles. The average molecular weight is 198 g/mol. The van der Waals surface area contributed by atoms with Gasteiger partial charge in [-0.05, 0) is 17.2 Å². The van der Waals surface area contributed by atoms with Gasteiger partial charge in [0.25, 0.3) is 0 Å². The number of hydrogen-bond donors (Lipinski definition) is 0. The molecular formula is C12H10N2O. The van der Waals surface area contributed by atoms with Crippen molar-refractivity contribution in [2.45, 2.75) is 13.2 Å². The summed E-state index contributed by atoms with van der Waals surface area (Å²) < 4.78 is 5.43. The van der Waals surface area contributed by atoms with Crippen LogP contribution in [0.4, 0.5) is 0 Å². The summed E-state index contributed by atoms with van der Waals surface area (Å²) in [6.45, 7) is 1.41. The van der Waals surface area contributed by atoms with Crippen molar-refractivity contribution >= 4 is 0 Å². The van der Waals surface area contributed by atoms with Gasteiger partial charge in [0.15, 0.2) is 0 Å². The molecule has 3 nitrogen and oxygen atoms in total. The maximum Gasteiger partial charge on any atom is 0.116 e. The molecule has 3 rings (SSSR count). The lowest BCUT2D eigenvalue weighted by Gasteiger charge is -2.05. The summed E-state index contributed by atoms with van der Waals surface area (Å²) in [5, 5.41) is 0. The van der Waals surface area contributed by atoms with Gasteiger partial charge in [-0.25, -0.2) is 9.97 Å². The molecule has 1 aromatic heterocycles. The predicted octanol–water partition coefficient (Wildman–Crippen LogP) is 2.17. The van der Waals surface area contributed by atoms with Crippen molar-refractivity contribution in [3.63, 3.8) is 0 Å². The van der Waals surface area contributed by atoms with Gasteiger partial charge < -0.3 is 4.74 Å². The van der Waals surface area contributed by atoms with Crippen LogP contribution in [0, 0.1) is 0 Å². The number of hydrogen-bond acceptors (Lipinski definition) is 3. The molecule has 1 aliphatic heterocycles. The number of aromatic nitrogens is 2. The minimum absolute atomic E-state index is 0.690. The summed E-state index contributed by atoms with van der Waals surface area (Å²) >= 11 is 0. The SMILES string of the molecule is c1cc2c(c(-c3ccncn3)c1)COC2. The minimum atomic E-state index is 0.690. The van der Waals surface area contributed by atoms with Gasteiger partial charge in [0, 0.05) is 11.8 Å². The van der Waals surface area contributed by atoms with E-state index in [2.05, 4.69) is 22.1 Å². The Kier molecular flexibility index (Phi) is 1.96. The Bertz CT molecular complexity index is 482. The molecule has 0 bridgehead atoms. The lowest BCUT2D eigenvalue weighted by molar-refractivity contribution is 0.134.